The van der Waals surface area contributed by atoms with Crippen molar-refractivity contribution < 1.29 is 4.79 Å². The van der Waals surface area contributed by atoms with Crippen molar-refractivity contribution in [1.82, 2.24) is 24.8 Å². The zero-order chi connectivity index (χ0) is 25.8. The Hall–Kier alpha value is -4.04. The Morgan fingerprint density at radius 3 is 2.45 bits per heavy atom. The van der Waals surface area contributed by atoms with Crippen molar-refractivity contribution in [3.8, 4) is 5.69 Å². The van der Waals surface area contributed by atoms with Crippen LogP contribution in [0.4, 0.5) is 5.95 Å². The van der Waals surface area contributed by atoms with E-state index < -0.39 is 0 Å². The summed E-state index contributed by atoms with van der Waals surface area (Å²) in [5.74, 6) is 0.608. The standard InChI is InChI=1S/C30H30N6O2/c1-19-26-13-14-27(37)36(23-11-7-21(8-12-23)29(38)32-22-9-10-22)28(26)33-30(31-19)35-18-24-15-25(35)17-34(24)16-20-5-3-2-4-6-20/h2-8,11-14,22,24-25H,9-10,15-18H2,1H3,(H,32,38). The van der Waals surface area contributed by atoms with Gasteiger partial charge in [0.15, 0.2) is 5.65 Å². The Labute approximate surface area is 220 Å². The minimum Gasteiger partial charge on any atom is -0.349 e. The zero-order valence-corrected chi connectivity index (χ0v) is 21.4. The number of carbonyl (C=O) groups excluding carboxylic acids is 1. The molecule has 2 unspecified atom stereocenters. The van der Waals surface area contributed by atoms with Crippen LogP contribution in [0.25, 0.3) is 16.7 Å². The SMILES string of the molecule is Cc1nc(N2CC3CC2CN3Cc2ccccc2)nc2c1ccc(=O)n2-c1ccc(C(=O)NC2CC2)cc1. The molecule has 1 saturated carbocycles. The quantitative estimate of drug-likeness (QED) is 0.431. The zero-order valence-electron chi connectivity index (χ0n) is 21.4. The summed E-state index contributed by atoms with van der Waals surface area (Å²) in [6, 6.07) is 22.3. The molecule has 2 aromatic carbocycles. The average molecular weight is 507 g/mol. The summed E-state index contributed by atoms with van der Waals surface area (Å²) >= 11 is 0. The summed E-state index contributed by atoms with van der Waals surface area (Å²) in [5, 5.41) is 3.86. The van der Waals surface area contributed by atoms with Gasteiger partial charge in [-0.2, -0.15) is 4.98 Å². The van der Waals surface area contributed by atoms with E-state index >= 15 is 0 Å². The van der Waals surface area contributed by atoms with E-state index in [1.165, 1.54) is 5.56 Å². The van der Waals surface area contributed by atoms with Crippen LogP contribution in [0.15, 0.2) is 71.5 Å². The van der Waals surface area contributed by atoms with Crippen LogP contribution < -0.4 is 15.8 Å². The van der Waals surface area contributed by atoms with Crippen LogP contribution in [-0.4, -0.2) is 56.6 Å². The van der Waals surface area contributed by atoms with Gasteiger partial charge in [-0.25, -0.2) is 4.98 Å². The molecule has 7 rings (SSSR count). The number of rotatable bonds is 6. The molecule has 192 valence electrons. The molecule has 3 fully saturated rings. The number of carbonyl (C=O) groups is 1. The molecule has 2 saturated heterocycles. The molecule has 0 radical (unpaired) electrons. The third-order valence-electron chi connectivity index (χ3n) is 8.07. The highest BCUT2D eigenvalue weighted by molar-refractivity contribution is 5.94. The third kappa shape index (κ3) is 4.15. The second-order valence-electron chi connectivity index (χ2n) is 10.8. The highest BCUT2D eigenvalue weighted by Gasteiger charge is 2.44. The number of hydrogen-bond donors (Lipinski definition) is 1. The number of nitrogens with one attached hydrogen (secondary N) is 1. The lowest BCUT2D eigenvalue weighted by Crippen LogP contribution is -2.46. The van der Waals surface area contributed by atoms with Gasteiger partial charge >= 0.3 is 0 Å². The number of pyridine rings is 1. The molecule has 4 aromatic rings. The number of hydrogen-bond acceptors (Lipinski definition) is 6. The van der Waals surface area contributed by atoms with Crippen LogP contribution in [0, 0.1) is 6.92 Å². The van der Waals surface area contributed by atoms with Gasteiger partial charge in [-0.05, 0) is 62.1 Å². The highest BCUT2D eigenvalue weighted by atomic mass is 16.1. The lowest BCUT2D eigenvalue weighted by Gasteiger charge is -2.34. The first-order valence-electron chi connectivity index (χ1n) is 13.4. The molecule has 2 aliphatic heterocycles. The van der Waals surface area contributed by atoms with Crippen molar-refractivity contribution in [2.75, 3.05) is 18.0 Å². The predicted molar refractivity (Wildman–Crippen MR) is 147 cm³/mol. The van der Waals surface area contributed by atoms with Crippen LogP contribution in [0.2, 0.25) is 0 Å². The van der Waals surface area contributed by atoms with E-state index in [-0.39, 0.29) is 11.5 Å². The molecule has 1 amide bonds. The van der Waals surface area contributed by atoms with E-state index in [1.54, 1.807) is 22.8 Å². The Balaban J connectivity index is 1.19. The smallest absolute Gasteiger partial charge is 0.256 e. The van der Waals surface area contributed by atoms with Gasteiger partial charge in [-0.3, -0.25) is 19.1 Å². The van der Waals surface area contributed by atoms with Crippen LogP contribution in [-0.2, 0) is 6.54 Å². The summed E-state index contributed by atoms with van der Waals surface area (Å²) in [6.45, 7) is 4.79. The molecule has 1 aliphatic carbocycles. The first-order chi connectivity index (χ1) is 18.5. The summed E-state index contributed by atoms with van der Waals surface area (Å²) in [6.07, 6.45) is 3.18. The number of anilines is 1. The van der Waals surface area contributed by atoms with E-state index in [1.807, 2.05) is 25.1 Å². The molecule has 8 heteroatoms. The Bertz CT molecular complexity index is 1580. The maximum atomic E-state index is 13.1. The van der Waals surface area contributed by atoms with Gasteiger partial charge in [0.25, 0.3) is 11.5 Å². The topological polar surface area (TPSA) is 83.4 Å². The lowest BCUT2D eigenvalue weighted by atomic mass is 10.1. The van der Waals surface area contributed by atoms with Crippen molar-refractivity contribution >= 4 is 22.9 Å². The van der Waals surface area contributed by atoms with E-state index in [9.17, 15) is 9.59 Å². The van der Waals surface area contributed by atoms with Gasteiger partial charge in [0, 0.05) is 54.8 Å². The number of nitrogens with zero attached hydrogens (tertiary/aromatic N) is 5. The number of piperazine rings is 1. The maximum Gasteiger partial charge on any atom is 0.256 e. The largest absolute Gasteiger partial charge is 0.349 e. The molecular weight excluding hydrogens is 476 g/mol. The Morgan fingerprint density at radius 2 is 1.74 bits per heavy atom. The van der Waals surface area contributed by atoms with Crippen LogP contribution in [0.3, 0.4) is 0 Å². The second kappa shape index (κ2) is 9.06. The van der Waals surface area contributed by atoms with Gasteiger partial charge in [0.1, 0.15) is 0 Å². The molecule has 3 aliphatic rings. The Morgan fingerprint density at radius 1 is 0.947 bits per heavy atom. The average Bonchev–Trinajstić information content (AvgIpc) is 3.52. The molecule has 4 heterocycles. The van der Waals surface area contributed by atoms with Gasteiger partial charge < -0.3 is 10.2 Å². The van der Waals surface area contributed by atoms with Gasteiger partial charge in [0.2, 0.25) is 5.95 Å². The summed E-state index contributed by atoms with van der Waals surface area (Å²) in [7, 11) is 0. The summed E-state index contributed by atoms with van der Waals surface area (Å²) < 4.78 is 1.63. The minimum absolute atomic E-state index is 0.0739. The first kappa shape index (κ1) is 23.1. The minimum atomic E-state index is -0.159. The number of aryl methyl sites for hydroxylation is 1. The van der Waals surface area contributed by atoms with Crippen molar-refractivity contribution in [2.45, 2.75) is 50.9 Å². The molecule has 38 heavy (non-hydrogen) atoms. The van der Waals surface area contributed by atoms with E-state index in [4.69, 9.17) is 9.97 Å². The maximum absolute atomic E-state index is 13.1. The monoisotopic (exact) mass is 506 g/mol. The fourth-order valence-electron chi connectivity index (χ4n) is 5.89. The fraction of sp³-hybridized carbons (Fsp3) is 0.333. The third-order valence-corrected chi connectivity index (χ3v) is 8.07. The number of amides is 1. The van der Waals surface area contributed by atoms with Gasteiger partial charge in [-0.15, -0.1) is 0 Å². The Kier molecular flexibility index (Phi) is 5.51. The number of aromatic nitrogens is 3. The van der Waals surface area contributed by atoms with E-state index in [0.717, 1.165) is 50.0 Å². The van der Waals surface area contributed by atoms with E-state index in [0.29, 0.717) is 41.0 Å². The molecule has 2 bridgehead atoms. The summed E-state index contributed by atoms with van der Waals surface area (Å²) in [4.78, 5) is 40.2. The second-order valence-corrected chi connectivity index (χ2v) is 10.8. The lowest BCUT2D eigenvalue weighted by molar-refractivity contribution is 0.0951. The fourth-order valence-corrected chi connectivity index (χ4v) is 5.89. The molecule has 1 N–H and O–H groups in total. The van der Waals surface area contributed by atoms with Crippen molar-refractivity contribution in [3.63, 3.8) is 0 Å². The molecule has 2 atom stereocenters. The van der Waals surface area contributed by atoms with Crippen LogP contribution in [0.1, 0.15) is 40.9 Å². The van der Waals surface area contributed by atoms with Gasteiger partial charge in [0.05, 0.1) is 11.4 Å². The van der Waals surface area contributed by atoms with E-state index in [2.05, 4.69) is 45.4 Å². The number of fused-ring (bicyclic) bond motifs is 3. The molecular formula is C30H30N6O2. The van der Waals surface area contributed by atoms with Gasteiger partial charge in [-0.1, -0.05) is 30.3 Å². The molecule has 0 spiro atoms. The highest BCUT2D eigenvalue weighted by Crippen LogP contribution is 2.35. The van der Waals surface area contributed by atoms with Crippen molar-refractivity contribution in [1.29, 1.82) is 0 Å². The van der Waals surface area contributed by atoms with Crippen LogP contribution >= 0.6 is 0 Å². The first-order valence-corrected chi connectivity index (χ1v) is 13.4. The van der Waals surface area contributed by atoms with Crippen molar-refractivity contribution in [3.05, 3.63) is 93.9 Å². The molecule has 8 nitrogen and oxygen atoms in total. The summed E-state index contributed by atoms with van der Waals surface area (Å²) in [5.41, 5.74) is 3.90. The predicted octanol–water partition coefficient (Wildman–Crippen LogP) is 3.44. The number of benzene rings is 2. The normalized spacial score (nSPS) is 20.8. The number of likely N-dealkylation sites (tertiary alicyclic amines) is 1. The molecule has 2 aromatic heterocycles. The van der Waals surface area contributed by atoms with Crippen LogP contribution in [0.5, 0.6) is 0 Å². The van der Waals surface area contributed by atoms with Crippen molar-refractivity contribution in [2.24, 2.45) is 0 Å².